The van der Waals surface area contributed by atoms with Gasteiger partial charge in [0, 0.05) is 36.6 Å². The van der Waals surface area contributed by atoms with E-state index in [-0.39, 0.29) is 11.9 Å². The Hall–Kier alpha value is -3.67. The quantitative estimate of drug-likeness (QED) is 0.578. The molecule has 1 fully saturated rings. The SMILES string of the molecule is Cc1cc(C)cc(CN2CCCN(c3cccc(NC(=O)c4ccc(F)cc4)c3)C2=O)c1. The highest BCUT2D eigenvalue weighted by molar-refractivity contribution is 6.04. The van der Waals surface area contributed by atoms with Gasteiger partial charge in [0.05, 0.1) is 0 Å². The predicted octanol–water partition coefficient (Wildman–Crippen LogP) is 5.53. The zero-order valence-corrected chi connectivity index (χ0v) is 18.3. The van der Waals surface area contributed by atoms with Crippen molar-refractivity contribution in [1.82, 2.24) is 4.90 Å². The minimum Gasteiger partial charge on any atom is -0.322 e. The van der Waals surface area contributed by atoms with Crippen molar-refractivity contribution in [2.75, 3.05) is 23.3 Å². The van der Waals surface area contributed by atoms with E-state index < -0.39 is 5.82 Å². The first kappa shape index (κ1) is 21.6. The van der Waals surface area contributed by atoms with Crippen molar-refractivity contribution in [1.29, 1.82) is 0 Å². The second kappa shape index (κ2) is 9.22. The van der Waals surface area contributed by atoms with Gasteiger partial charge in [-0.1, -0.05) is 35.4 Å². The van der Waals surface area contributed by atoms with Gasteiger partial charge >= 0.3 is 6.03 Å². The maximum absolute atomic E-state index is 13.2. The van der Waals surface area contributed by atoms with E-state index in [1.165, 1.54) is 35.4 Å². The first-order chi connectivity index (χ1) is 15.4. The van der Waals surface area contributed by atoms with Gasteiger partial charge in [-0.3, -0.25) is 9.69 Å². The summed E-state index contributed by atoms with van der Waals surface area (Å²) in [6.07, 6.45) is 0.864. The number of rotatable bonds is 5. The van der Waals surface area contributed by atoms with E-state index in [9.17, 15) is 14.0 Å². The van der Waals surface area contributed by atoms with Crippen molar-refractivity contribution in [3.63, 3.8) is 0 Å². The smallest absolute Gasteiger partial charge is 0.322 e. The summed E-state index contributed by atoms with van der Waals surface area (Å²) in [4.78, 5) is 29.3. The Morgan fingerprint density at radius 1 is 0.969 bits per heavy atom. The summed E-state index contributed by atoms with van der Waals surface area (Å²) in [5, 5.41) is 2.82. The van der Waals surface area contributed by atoms with Crippen LogP contribution in [0.5, 0.6) is 0 Å². The van der Waals surface area contributed by atoms with E-state index in [4.69, 9.17) is 0 Å². The minimum absolute atomic E-state index is 0.0441. The molecule has 32 heavy (non-hydrogen) atoms. The summed E-state index contributed by atoms with van der Waals surface area (Å²) in [6, 6.07) is 18.9. The lowest BCUT2D eigenvalue weighted by atomic mass is 10.1. The highest BCUT2D eigenvalue weighted by Gasteiger charge is 2.27. The number of nitrogens with one attached hydrogen (secondary N) is 1. The van der Waals surface area contributed by atoms with Crippen molar-refractivity contribution < 1.29 is 14.0 Å². The van der Waals surface area contributed by atoms with E-state index in [2.05, 4.69) is 37.4 Å². The molecule has 0 unspecified atom stereocenters. The van der Waals surface area contributed by atoms with Gasteiger partial charge in [0.25, 0.3) is 5.91 Å². The number of hydrogen-bond donors (Lipinski definition) is 1. The fourth-order valence-electron chi connectivity index (χ4n) is 4.10. The van der Waals surface area contributed by atoms with Crippen molar-refractivity contribution >= 4 is 23.3 Å². The lowest BCUT2D eigenvalue weighted by Gasteiger charge is -2.36. The molecule has 6 heteroatoms. The van der Waals surface area contributed by atoms with Crippen LogP contribution in [0.15, 0.2) is 66.7 Å². The van der Waals surface area contributed by atoms with Crippen molar-refractivity contribution in [2.45, 2.75) is 26.8 Å². The minimum atomic E-state index is -0.391. The fourth-order valence-corrected chi connectivity index (χ4v) is 4.10. The molecule has 1 saturated heterocycles. The van der Waals surface area contributed by atoms with Gasteiger partial charge in [-0.15, -0.1) is 0 Å². The Labute approximate surface area is 187 Å². The van der Waals surface area contributed by atoms with Gasteiger partial charge in [-0.05, 0) is 68.3 Å². The number of hydrogen-bond acceptors (Lipinski definition) is 2. The molecule has 3 aromatic carbocycles. The van der Waals surface area contributed by atoms with Gasteiger partial charge in [-0.25, -0.2) is 9.18 Å². The lowest BCUT2D eigenvalue weighted by Crippen LogP contribution is -2.49. The number of urea groups is 1. The Morgan fingerprint density at radius 3 is 2.41 bits per heavy atom. The number of aryl methyl sites for hydroxylation is 2. The third-order valence-electron chi connectivity index (χ3n) is 5.49. The first-order valence-electron chi connectivity index (χ1n) is 10.7. The molecular formula is C26H26FN3O2. The second-order valence-electron chi connectivity index (χ2n) is 8.22. The zero-order valence-electron chi connectivity index (χ0n) is 18.3. The molecule has 4 rings (SSSR count). The largest absolute Gasteiger partial charge is 0.324 e. The van der Waals surface area contributed by atoms with Gasteiger partial charge < -0.3 is 10.2 Å². The third-order valence-corrected chi connectivity index (χ3v) is 5.49. The van der Waals surface area contributed by atoms with Crippen LogP contribution in [0.2, 0.25) is 0 Å². The molecule has 0 saturated carbocycles. The molecule has 164 valence electrons. The Morgan fingerprint density at radius 2 is 1.69 bits per heavy atom. The maximum atomic E-state index is 13.2. The van der Waals surface area contributed by atoms with Crippen LogP contribution < -0.4 is 10.2 Å². The summed E-state index contributed by atoms with van der Waals surface area (Å²) >= 11 is 0. The van der Waals surface area contributed by atoms with E-state index in [1.807, 2.05) is 17.0 Å². The molecule has 0 aliphatic carbocycles. The zero-order chi connectivity index (χ0) is 22.7. The highest BCUT2D eigenvalue weighted by atomic mass is 19.1. The van der Waals surface area contributed by atoms with E-state index in [1.54, 1.807) is 17.0 Å². The van der Waals surface area contributed by atoms with Crippen LogP contribution in [-0.4, -0.2) is 29.9 Å². The summed E-state index contributed by atoms with van der Waals surface area (Å²) in [5.41, 5.74) is 5.17. The van der Waals surface area contributed by atoms with E-state index >= 15 is 0 Å². The lowest BCUT2D eigenvalue weighted by molar-refractivity contribution is 0.102. The van der Waals surface area contributed by atoms with Crippen LogP contribution in [0.25, 0.3) is 0 Å². The van der Waals surface area contributed by atoms with Gasteiger partial charge in [0.1, 0.15) is 5.82 Å². The van der Waals surface area contributed by atoms with Crippen LogP contribution >= 0.6 is 0 Å². The average molecular weight is 432 g/mol. The number of carbonyl (C=O) groups is 2. The topological polar surface area (TPSA) is 52.6 Å². The Kier molecular flexibility index (Phi) is 6.21. The van der Waals surface area contributed by atoms with Gasteiger partial charge in [-0.2, -0.15) is 0 Å². The molecule has 0 bridgehead atoms. The molecule has 0 radical (unpaired) electrons. The highest BCUT2D eigenvalue weighted by Crippen LogP contribution is 2.25. The van der Waals surface area contributed by atoms with Crippen molar-refractivity contribution in [2.24, 2.45) is 0 Å². The fraction of sp³-hybridized carbons (Fsp3) is 0.231. The molecule has 3 aromatic rings. The molecule has 1 aliphatic rings. The van der Waals surface area contributed by atoms with E-state index in [0.717, 1.165) is 17.7 Å². The van der Waals surface area contributed by atoms with Gasteiger partial charge in [0.2, 0.25) is 0 Å². The Bertz CT molecular complexity index is 1120. The van der Waals surface area contributed by atoms with Crippen molar-refractivity contribution in [3.05, 3.63) is 94.8 Å². The predicted molar refractivity (Wildman–Crippen MR) is 124 cm³/mol. The monoisotopic (exact) mass is 431 g/mol. The average Bonchev–Trinajstić information content (AvgIpc) is 2.75. The summed E-state index contributed by atoms with van der Waals surface area (Å²) in [5.74, 6) is -0.721. The number of amides is 3. The normalized spacial score (nSPS) is 13.9. The number of nitrogens with zero attached hydrogens (tertiary/aromatic N) is 2. The second-order valence-corrected chi connectivity index (χ2v) is 8.22. The summed E-state index contributed by atoms with van der Waals surface area (Å²) in [6.45, 7) is 6.03. The van der Waals surface area contributed by atoms with Crippen molar-refractivity contribution in [3.8, 4) is 0 Å². The maximum Gasteiger partial charge on any atom is 0.324 e. The molecule has 3 amide bonds. The number of halogens is 1. The molecular weight excluding hydrogens is 405 g/mol. The first-order valence-corrected chi connectivity index (χ1v) is 10.7. The molecule has 0 spiro atoms. The van der Waals surface area contributed by atoms with Crippen LogP contribution in [0.4, 0.5) is 20.6 Å². The van der Waals surface area contributed by atoms with Crippen LogP contribution in [0.3, 0.4) is 0 Å². The Balaban J connectivity index is 1.48. The summed E-state index contributed by atoms with van der Waals surface area (Å²) in [7, 11) is 0. The number of anilines is 2. The van der Waals surface area contributed by atoms with Gasteiger partial charge in [0.15, 0.2) is 0 Å². The van der Waals surface area contributed by atoms with E-state index in [0.29, 0.717) is 30.9 Å². The molecule has 5 nitrogen and oxygen atoms in total. The summed E-state index contributed by atoms with van der Waals surface area (Å²) < 4.78 is 13.1. The molecule has 1 heterocycles. The van der Waals surface area contributed by atoms with Crippen LogP contribution in [0, 0.1) is 19.7 Å². The number of benzene rings is 3. The third kappa shape index (κ3) is 4.97. The molecule has 1 aliphatic heterocycles. The standard InChI is InChI=1S/C26H26FN3O2/c1-18-13-19(2)15-20(14-18)17-29-11-4-12-30(26(29)32)24-6-3-5-23(16-24)28-25(31)21-7-9-22(27)10-8-21/h3,5-10,13-16H,4,11-12,17H2,1-2H3,(H,28,31). The molecule has 0 atom stereocenters. The molecule has 0 aromatic heterocycles. The van der Waals surface area contributed by atoms with Crippen LogP contribution in [0.1, 0.15) is 33.5 Å². The molecule has 1 N–H and O–H groups in total. The van der Waals surface area contributed by atoms with Crippen LogP contribution in [-0.2, 0) is 6.54 Å². The number of carbonyl (C=O) groups excluding carboxylic acids is 2.